The first-order chi connectivity index (χ1) is 13.2. The van der Waals surface area contributed by atoms with E-state index in [4.69, 9.17) is 0 Å². The van der Waals surface area contributed by atoms with Gasteiger partial charge in [0.1, 0.15) is 0 Å². The van der Waals surface area contributed by atoms with E-state index < -0.39 is 0 Å². The predicted molar refractivity (Wildman–Crippen MR) is 110 cm³/mol. The summed E-state index contributed by atoms with van der Waals surface area (Å²) in [6.45, 7) is 4.87. The van der Waals surface area contributed by atoms with E-state index in [0.29, 0.717) is 17.7 Å². The SMILES string of the molecule is CCCn1c(=O)c2ccccc2n2c(SC(CC)c3ccccc3)nnc12. The summed E-state index contributed by atoms with van der Waals surface area (Å²) >= 11 is 1.70. The third-order valence-electron chi connectivity index (χ3n) is 4.72. The second-order valence-corrected chi connectivity index (χ2v) is 7.69. The third-order valence-corrected chi connectivity index (χ3v) is 6.08. The first-order valence-corrected chi connectivity index (χ1v) is 10.2. The number of nitrogens with zero attached hydrogens (tertiary/aromatic N) is 4. The summed E-state index contributed by atoms with van der Waals surface area (Å²) in [5.74, 6) is 0.617. The molecule has 0 aliphatic carbocycles. The quantitative estimate of drug-likeness (QED) is 0.457. The largest absolute Gasteiger partial charge is 0.276 e. The molecule has 2 aromatic carbocycles. The van der Waals surface area contributed by atoms with Crippen LogP contribution in [0.5, 0.6) is 0 Å². The summed E-state index contributed by atoms with van der Waals surface area (Å²) in [6, 6.07) is 18.2. The molecule has 0 fully saturated rings. The highest BCUT2D eigenvalue weighted by Gasteiger charge is 2.19. The zero-order valence-electron chi connectivity index (χ0n) is 15.5. The zero-order chi connectivity index (χ0) is 18.8. The van der Waals surface area contributed by atoms with Gasteiger partial charge in [0, 0.05) is 11.8 Å². The van der Waals surface area contributed by atoms with Gasteiger partial charge in [0.15, 0.2) is 5.16 Å². The van der Waals surface area contributed by atoms with Crippen molar-refractivity contribution >= 4 is 28.4 Å². The number of hydrogen-bond donors (Lipinski definition) is 0. The molecule has 1 unspecified atom stereocenters. The Balaban J connectivity index is 1.91. The molecule has 0 aliphatic heterocycles. The molecular formula is C21H22N4OS. The smallest absolute Gasteiger partial charge is 0.262 e. The number of thioether (sulfide) groups is 1. The van der Waals surface area contributed by atoms with Crippen LogP contribution in [0.3, 0.4) is 0 Å². The van der Waals surface area contributed by atoms with Gasteiger partial charge >= 0.3 is 0 Å². The average molecular weight is 379 g/mol. The van der Waals surface area contributed by atoms with Gasteiger partial charge in [-0.15, -0.1) is 10.2 Å². The first-order valence-electron chi connectivity index (χ1n) is 9.32. The van der Waals surface area contributed by atoms with Gasteiger partial charge in [-0.05, 0) is 30.5 Å². The maximum absolute atomic E-state index is 12.9. The van der Waals surface area contributed by atoms with E-state index in [0.717, 1.165) is 23.5 Å². The number of hydrogen-bond acceptors (Lipinski definition) is 4. The van der Waals surface area contributed by atoms with E-state index in [-0.39, 0.29) is 10.8 Å². The number of aryl methyl sites for hydroxylation is 1. The lowest BCUT2D eigenvalue weighted by molar-refractivity contribution is 0.662. The van der Waals surface area contributed by atoms with E-state index in [1.807, 2.05) is 34.7 Å². The lowest BCUT2D eigenvalue weighted by Crippen LogP contribution is -2.23. The Hall–Kier alpha value is -2.60. The molecule has 0 aliphatic rings. The molecule has 138 valence electrons. The Kier molecular flexibility index (Phi) is 4.99. The van der Waals surface area contributed by atoms with E-state index in [1.165, 1.54) is 5.56 Å². The standard InChI is InChI=1S/C21H22N4OS/c1-3-14-24-19(26)16-12-8-9-13-17(16)25-20(24)22-23-21(25)27-18(4-2)15-10-6-5-7-11-15/h5-13,18H,3-4,14H2,1-2H3. The van der Waals surface area contributed by atoms with Crippen LogP contribution in [0.25, 0.3) is 16.7 Å². The minimum Gasteiger partial charge on any atom is -0.276 e. The lowest BCUT2D eigenvalue weighted by atomic mass is 10.1. The van der Waals surface area contributed by atoms with Gasteiger partial charge < -0.3 is 0 Å². The lowest BCUT2D eigenvalue weighted by Gasteiger charge is -2.15. The average Bonchev–Trinajstić information content (AvgIpc) is 3.13. The summed E-state index contributed by atoms with van der Waals surface area (Å²) in [5, 5.41) is 10.6. The summed E-state index contributed by atoms with van der Waals surface area (Å²) in [6.07, 6.45) is 1.85. The van der Waals surface area contributed by atoms with Crippen LogP contribution in [0.4, 0.5) is 0 Å². The summed E-state index contributed by atoms with van der Waals surface area (Å²) in [7, 11) is 0. The van der Waals surface area contributed by atoms with Crippen molar-refractivity contribution in [2.24, 2.45) is 0 Å². The monoisotopic (exact) mass is 378 g/mol. The molecule has 0 N–H and O–H groups in total. The van der Waals surface area contributed by atoms with Crippen LogP contribution < -0.4 is 5.56 Å². The summed E-state index contributed by atoms with van der Waals surface area (Å²) < 4.78 is 3.77. The van der Waals surface area contributed by atoms with Crippen LogP contribution in [-0.4, -0.2) is 19.2 Å². The van der Waals surface area contributed by atoms with Crippen LogP contribution >= 0.6 is 11.8 Å². The molecule has 2 aromatic heterocycles. The van der Waals surface area contributed by atoms with Crippen LogP contribution in [0.1, 0.15) is 37.5 Å². The van der Waals surface area contributed by atoms with E-state index in [2.05, 4.69) is 48.3 Å². The number of aromatic nitrogens is 4. The van der Waals surface area contributed by atoms with Gasteiger partial charge in [0.25, 0.3) is 5.56 Å². The van der Waals surface area contributed by atoms with Gasteiger partial charge in [0.2, 0.25) is 5.78 Å². The van der Waals surface area contributed by atoms with Gasteiger partial charge in [-0.2, -0.15) is 0 Å². The fourth-order valence-corrected chi connectivity index (χ4v) is 4.50. The molecule has 1 atom stereocenters. The van der Waals surface area contributed by atoms with Crippen molar-refractivity contribution in [3.05, 3.63) is 70.5 Å². The molecule has 0 radical (unpaired) electrons. The fourth-order valence-electron chi connectivity index (χ4n) is 3.42. The van der Waals surface area contributed by atoms with Gasteiger partial charge in [-0.25, -0.2) is 0 Å². The summed E-state index contributed by atoms with van der Waals surface area (Å²) in [4.78, 5) is 12.9. The number of rotatable bonds is 6. The Morgan fingerprint density at radius 2 is 1.74 bits per heavy atom. The van der Waals surface area contributed by atoms with Crippen LogP contribution in [0.15, 0.2) is 64.5 Å². The molecular weight excluding hydrogens is 356 g/mol. The second kappa shape index (κ2) is 7.56. The third kappa shape index (κ3) is 3.14. The van der Waals surface area contributed by atoms with Gasteiger partial charge in [-0.1, -0.05) is 68.1 Å². The highest BCUT2D eigenvalue weighted by Crippen LogP contribution is 2.37. The predicted octanol–water partition coefficient (Wildman–Crippen LogP) is 4.70. The van der Waals surface area contributed by atoms with Crippen LogP contribution in [0, 0.1) is 0 Å². The Morgan fingerprint density at radius 1 is 1.00 bits per heavy atom. The normalized spacial score (nSPS) is 12.7. The fraction of sp³-hybridized carbons (Fsp3) is 0.286. The van der Waals surface area contributed by atoms with Crippen molar-refractivity contribution in [1.29, 1.82) is 0 Å². The molecule has 5 nitrogen and oxygen atoms in total. The Labute approximate surface area is 162 Å². The van der Waals surface area contributed by atoms with E-state index >= 15 is 0 Å². The maximum atomic E-state index is 12.9. The number of para-hydroxylation sites is 1. The van der Waals surface area contributed by atoms with Crippen LogP contribution in [-0.2, 0) is 6.54 Å². The van der Waals surface area contributed by atoms with E-state index in [1.54, 1.807) is 16.3 Å². The van der Waals surface area contributed by atoms with Crippen molar-refractivity contribution in [1.82, 2.24) is 19.2 Å². The summed E-state index contributed by atoms with van der Waals surface area (Å²) in [5.41, 5.74) is 2.13. The van der Waals surface area contributed by atoms with Crippen molar-refractivity contribution in [2.75, 3.05) is 0 Å². The molecule has 0 spiro atoms. The molecule has 6 heteroatoms. The maximum Gasteiger partial charge on any atom is 0.262 e. The van der Waals surface area contributed by atoms with Gasteiger partial charge in [0.05, 0.1) is 10.9 Å². The molecule has 0 amide bonds. The second-order valence-electron chi connectivity index (χ2n) is 6.52. The number of fused-ring (bicyclic) bond motifs is 3. The van der Waals surface area contributed by atoms with Crippen molar-refractivity contribution in [2.45, 2.75) is 43.6 Å². The molecule has 0 saturated carbocycles. The van der Waals surface area contributed by atoms with Gasteiger partial charge in [-0.3, -0.25) is 13.8 Å². The minimum absolute atomic E-state index is 0.000925. The highest BCUT2D eigenvalue weighted by molar-refractivity contribution is 7.99. The topological polar surface area (TPSA) is 52.2 Å². The Bertz CT molecular complexity index is 1130. The van der Waals surface area contributed by atoms with E-state index in [9.17, 15) is 4.79 Å². The molecule has 27 heavy (non-hydrogen) atoms. The minimum atomic E-state index is -0.000925. The van der Waals surface area contributed by atoms with Crippen molar-refractivity contribution in [3.8, 4) is 0 Å². The highest BCUT2D eigenvalue weighted by atomic mass is 32.2. The molecule has 0 bridgehead atoms. The number of benzene rings is 2. The van der Waals surface area contributed by atoms with Crippen LogP contribution in [0.2, 0.25) is 0 Å². The first kappa shape index (κ1) is 17.8. The molecule has 4 aromatic rings. The Morgan fingerprint density at radius 3 is 2.48 bits per heavy atom. The van der Waals surface area contributed by atoms with Crippen molar-refractivity contribution < 1.29 is 0 Å². The zero-order valence-corrected chi connectivity index (χ0v) is 16.3. The molecule has 4 rings (SSSR count). The van der Waals surface area contributed by atoms with Crippen molar-refractivity contribution in [3.63, 3.8) is 0 Å². The molecule has 2 heterocycles. The molecule has 0 saturated heterocycles.